The Hall–Kier alpha value is -1.69. The van der Waals surface area contributed by atoms with Crippen LogP contribution in [0.1, 0.15) is 30.3 Å². The molecule has 1 heterocycles. The lowest BCUT2D eigenvalue weighted by atomic mass is 10.0. The van der Waals surface area contributed by atoms with Crippen molar-refractivity contribution in [2.24, 2.45) is 5.92 Å². The number of hydrogen-bond acceptors (Lipinski definition) is 6. The molecule has 0 aliphatic heterocycles. The molecule has 1 rings (SSSR count). The number of carbonyl (C=O) groups is 1. The van der Waals surface area contributed by atoms with E-state index in [2.05, 4.69) is 26.9 Å². The number of esters is 1. The van der Waals surface area contributed by atoms with E-state index in [9.17, 15) is 4.79 Å². The number of nitrogens with zero attached hydrogens (tertiary/aromatic N) is 2. The lowest BCUT2D eigenvalue weighted by Gasteiger charge is -2.14. The zero-order chi connectivity index (χ0) is 13.4. The standard InChI is InChI=1S/C12H19N3O3/c1-3-9(4-5-16)6-14-11-8-13-7-10(15-11)12(17)18-2/h7-9,16H,3-6H2,1-2H3,(H,14,15). The third-order valence-electron chi connectivity index (χ3n) is 2.72. The fourth-order valence-corrected chi connectivity index (χ4v) is 1.54. The van der Waals surface area contributed by atoms with Crippen molar-refractivity contribution in [2.45, 2.75) is 19.8 Å². The van der Waals surface area contributed by atoms with Gasteiger partial charge in [0, 0.05) is 13.2 Å². The Morgan fingerprint density at radius 2 is 2.33 bits per heavy atom. The van der Waals surface area contributed by atoms with Crippen LogP contribution in [-0.2, 0) is 4.74 Å². The number of anilines is 1. The first kappa shape index (κ1) is 14.4. The van der Waals surface area contributed by atoms with E-state index in [0.717, 1.165) is 12.8 Å². The highest BCUT2D eigenvalue weighted by atomic mass is 16.5. The van der Waals surface area contributed by atoms with Gasteiger partial charge in [-0.3, -0.25) is 4.98 Å². The molecule has 0 spiro atoms. The van der Waals surface area contributed by atoms with Crippen molar-refractivity contribution < 1.29 is 14.6 Å². The fraction of sp³-hybridized carbons (Fsp3) is 0.583. The van der Waals surface area contributed by atoms with E-state index in [1.54, 1.807) is 6.20 Å². The number of aliphatic hydroxyl groups is 1. The van der Waals surface area contributed by atoms with Crippen molar-refractivity contribution in [1.29, 1.82) is 0 Å². The number of hydrogen-bond donors (Lipinski definition) is 2. The van der Waals surface area contributed by atoms with Gasteiger partial charge in [-0.25, -0.2) is 9.78 Å². The van der Waals surface area contributed by atoms with Crippen LogP contribution in [-0.4, -0.2) is 41.3 Å². The first-order valence-electron chi connectivity index (χ1n) is 5.96. The SMILES string of the molecule is CCC(CCO)CNc1cncc(C(=O)OC)n1. The molecule has 100 valence electrons. The maximum absolute atomic E-state index is 11.3. The largest absolute Gasteiger partial charge is 0.464 e. The Morgan fingerprint density at radius 3 is 2.94 bits per heavy atom. The number of carbonyl (C=O) groups excluding carboxylic acids is 1. The molecule has 0 bridgehead atoms. The summed E-state index contributed by atoms with van der Waals surface area (Å²) in [5.41, 5.74) is 0.178. The molecule has 0 aliphatic rings. The fourth-order valence-electron chi connectivity index (χ4n) is 1.54. The summed E-state index contributed by atoms with van der Waals surface area (Å²) in [6, 6.07) is 0. The maximum Gasteiger partial charge on any atom is 0.358 e. The van der Waals surface area contributed by atoms with E-state index in [1.165, 1.54) is 13.3 Å². The number of aliphatic hydroxyl groups excluding tert-OH is 1. The summed E-state index contributed by atoms with van der Waals surface area (Å²) in [5, 5.41) is 12.0. The first-order chi connectivity index (χ1) is 8.71. The van der Waals surface area contributed by atoms with Crippen LogP contribution in [0.2, 0.25) is 0 Å². The normalized spacial score (nSPS) is 11.9. The van der Waals surface area contributed by atoms with Gasteiger partial charge in [0.25, 0.3) is 0 Å². The molecular weight excluding hydrogens is 234 g/mol. The molecule has 1 aromatic heterocycles. The van der Waals surface area contributed by atoms with E-state index in [1.807, 2.05) is 0 Å². The molecule has 0 aliphatic carbocycles. The van der Waals surface area contributed by atoms with Crippen molar-refractivity contribution >= 4 is 11.8 Å². The van der Waals surface area contributed by atoms with Crippen molar-refractivity contribution in [3.63, 3.8) is 0 Å². The van der Waals surface area contributed by atoms with E-state index < -0.39 is 5.97 Å². The third kappa shape index (κ3) is 4.29. The monoisotopic (exact) mass is 253 g/mol. The van der Waals surface area contributed by atoms with Crippen molar-refractivity contribution in [2.75, 3.05) is 25.6 Å². The molecule has 18 heavy (non-hydrogen) atoms. The predicted molar refractivity (Wildman–Crippen MR) is 67.3 cm³/mol. The Bertz CT molecular complexity index is 385. The zero-order valence-electron chi connectivity index (χ0n) is 10.7. The van der Waals surface area contributed by atoms with Gasteiger partial charge in [-0.1, -0.05) is 13.3 Å². The van der Waals surface area contributed by atoms with Gasteiger partial charge >= 0.3 is 5.97 Å². The van der Waals surface area contributed by atoms with Gasteiger partial charge in [0.1, 0.15) is 5.82 Å². The smallest absolute Gasteiger partial charge is 0.358 e. The second-order valence-electron chi connectivity index (χ2n) is 3.95. The summed E-state index contributed by atoms with van der Waals surface area (Å²) in [4.78, 5) is 19.3. The van der Waals surface area contributed by atoms with Crippen LogP contribution in [0.3, 0.4) is 0 Å². The molecule has 6 nitrogen and oxygen atoms in total. The number of aromatic nitrogens is 2. The molecule has 0 radical (unpaired) electrons. The molecule has 0 fully saturated rings. The summed E-state index contributed by atoms with van der Waals surface area (Å²) in [7, 11) is 1.30. The summed E-state index contributed by atoms with van der Waals surface area (Å²) in [6.45, 7) is 2.93. The van der Waals surface area contributed by atoms with E-state index in [-0.39, 0.29) is 12.3 Å². The topological polar surface area (TPSA) is 84.3 Å². The van der Waals surface area contributed by atoms with Gasteiger partial charge in [0.15, 0.2) is 5.69 Å². The van der Waals surface area contributed by atoms with Gasteiger partial charge in [-0.05, 0) is 12.3 Å². The first-order valence-corrected chi connectivity index (χ1v) is 5.96. The molecule has 0 saturated heterocycles. The average Bonchev–Trinajstić information content (AvgIpc) is 2.42. The van der Waals surface area contributed by atoms with Crippen LogP contribution < -0.4 is 5.32 Å². The van der Waals surface area contributed by atoms with Gasteiger partial charge in [-0.2, -0.15) is 0 Å². The predicted octanol–water partition coefficient (Wildman–Crippen LogP) is 1.08. The Labute approximate surface area is 106 Å². The summed E-state index contributed by atoms with van der Waals surface area (Å²) in [6.07, 6.45) is 4.63. The second kappa shape index (κ2) is 7.60. The number of ether oxygens (including phenoxy) is 1. The van der Waals surface area contributed by atoms with Crippen LogP contribution in [0.25, 0.3) is 0 Å². The lowest BCUT2D eigenvalue weighted by molar-refractivity contribution is 0.0593. The van der Waals surface area contributed by atoms with Gasteiger partial charge in [0.05, 0.1) is 19.5 Å². The molecule has 1 atom stereocenters. The van der Waals surface area contributed by atoms with E-state index in [4.69, 9.17) is 5.11 Å². The second-order valence-corrected chi connectivity index (χ2v) is 3.95. The zero-order valence-corrected chi connectivity index (χ0v) is 10.7. The van der Waals surface area contributed by atoms with Crippen LogP contribution in [0.5, 0.6) is 0 Å². The highest BCUT2D eigenvalue weighted by Gasteiger charge is 2.10. The minimum Gasteiger partial charge on any atom is -0.464 e. The molecule has 2 N–H and O–H groups in total. The average molecular weight is 253 g/mol. The van der Waals surface area contributed by atoms with Crippen molar-refractivity contribution in [1.82, 2.24) is 9.97 Å². The summed E-state index contributed by atoms with van der Waals surface area (Å²) in [5.74, 6) is 0.404. The van der Waals surface area contributed by atoms with Crippen LogP contribution in [0, 0.1) is 5.92 Å². The Kier molecular flexibility index (Phi) is 6.07. The number of methoxy groups -OCH3 is 1. The van der Waals surface area contributed by atoms with Crippen molar-refractivity contribution in [3.05, 3.63) is 18.1 Å². The van der Waals surface area contributed by atoms with E-state index >= 15 is 0 Å². The van der Waals surface area contributed by atoms with Crippen LogP contribution in [0.15, 0.2) is 12.4 Å². The van der Waals surface area contributed by atoms with Gasteiger partial charge in [0.2, 0.25) is 0 Å². The Balaban J connectivity index is 2.59. The number of rotatable bonds is 7. The van der Waals surface area contributed by atoms with Crippen LogP contribution in [0.4, 0.5) is 5.82 Å². The minimum atomic E-state index is -0.506. The van der Waals surface area contributed by atoms with Gasteiger partial charge in [-0.15, -0.1) is 0 Å². The minimum absolute atomic E-state index is 0.175. The lowest BCUT2D eigenvalue weighted by Crippen LogP contribution is -2.16. The highest BCUT2D eigenvalue weighted by molar-refractivity contribution is 5.87. The molecule has 0 aromatic carbocycles. The molecule has 6 heteroatoms. The van der Waals surface area contributed by atoms with E-state index in [0.29, 0.717) is 18.3 Å². The molecule has 0 amide bonds. The molecule has 1 unspecified atom stereocenters. The maximum atomic E-state index is 11.3. The van der Waals surface area contributed by atoms with Crippen molar-refractivity contribution in [3.8, 4) is 0 Å². The molecule has 1 aromatic rings. The summed E-state index contributed by atoms with van der Waals surface area (Å²) >= 11 is 0. The molecule has 0 saturated carbocycles. The highest BCUT2D eigenvalue weighted by Crippen LogP contribution is 2.10. The quantitative estimate of drug-likeness (QED) is 0.707. The third-order valence-corrected chi connectivity index (χ3v) is 2.72. The summed E-state index contributed by atoms with van der Waals surface area (Å²) < 4.78 is 4.57. The van der Waals surface area contributed by atoms with Gasteiger partial charge < -0.3 is 15.2 Å². The van der Waals surface area contributed by atoms with Crippen LogP contribution >= 0.6 is 0 Å². The Morgan fingerprint density at radius 1 is 1.56 bits per heavy atom. The number of nitrogens with one attached hydrogen (secondary N) is 1. The molecular formula is C12H19N3O3.